The normalized spacial score (nSPS) is 33.7. The van der Waals surface area contributed by atoms with E-state index in [9.17, 15) is 14.4 Å². The summed E-state index contributed by atoms with van der Waals surface area (Å²) >= 11 is 0. The molecule has 0 radical (unpaired) electrons. The highest BCUT2D eigenvalue weighted by Crippen LogP contribution is 2.38. The fraction of sp³-hybridized carbons (Fsp3) is 0.857. The highest BCUT2D eigenvalue weighted by molar-refractivity contribution is 5.82. The van der Waals surface area contributed by atoms with Gasteiger partial charge in [-0.2, -0.15) is 0 Å². The van der Waals surface area contributed by atoms with E-state index in [1.54, 1.807) is 13.8 Å². The first-order valence-corrected chi connectivity index (χ1v) is 11.0. The third kappa shape index (κ3) is 7.31. The summed E-state index contributed by atoms with van der Waals surface area (Å²) in [6.45, 7) is 5.65. The van der Waals surface area contributed by atoms with E-state index in [4.69, 9.17) is 42.6 Å². The minimum absolute atomic E-state index is 0.0129. The van der Waals surface area contributed by atoms with Gasteiger partial charge in [-0.3, -0.25) is 9.59 Å². The van der Waals surface area contributed by atoms with Crippen molar-refractivity contribution in [2.24, 2.45) is 0 Å². The summed E-state index contributed by atoms with van der Waals surface area (Å²) in [7, 11) is 2.88. The van der Waals surface area contributed by atoms with Crippen LogP contribution in [0, 0.1) is 0 Å². The first-order chi connectivity index (χ1) is 16.2. The zero-order valence-corrected chi connectivity index (χ0v) is 20.4. The van der Waals surface area contributed by atoms with Crippen molar-refractivity contribution in [1.82, 2.24) is 5.32 Å². The van der Waals surface area contributed by atoms with Crippen LogP contribution in [0.5, 0.6) is 0 Å². The zero-order chi connectivity index (χ0) is 25.3. The first kappa shape index (κ1) is 28.4. The van der Waals surface area contributed by atoms with Crippen LogP contribution in [0.2, 0.25) is 0 Å². The molecule has 0 aromatic rings. The maximum atomic E-state index is 13.0. The van der Waals surface area contributed by atoms with Crippen molar-refractivity contribution in [1.29, 1.82) is 0 Å². The van der Waals surface area contributed by atoms with E-state index >= 15 is 0 Å². The Morgan fingerprint density at radius 1 is 1.03 bits per heavy atom. The zero-order valence-electron chi connectivity index (χ0n) is 20.4. The van der Waals surface area contributed by atoms with E-state index in [1.165, 1.54) is 21.1 Å². The molecule has 7 atom stereocenters. The largest absolute Gasteiger partial charge is 0.461 e. The number of carbonyl (C=O) groups excluding carboxylic acids is 3. The van der Waals surface area contributed by atoms with Gasteiger partial charge < -0.3 is 47.9 Å². The van der Waals surface area contributed by atoms with Crippen LogP contribution >= 0.6 is 0 Å². The fourth-order valence-electron chi connectivity index (χ4n) is 3.92. The third-order valence-electron chi connectivity index (χ3n) is 5.15. The number of rotatable bonds is 11. The van der Waals surface area contributed by atoms with Crippen molar-refractivity contribution in [2.75, 3.05) is 41.0 Å². The SMILES string of the molecule is CCOC(=O)[C@]1(OC(C)=O)C[C@H](OCOC)[C@@H](NC(C)=O)[C@H]([C@@H]2O[C@H](C)OC[C@H]2OCOC)O1. The van der Waals surface area contributed by atoms with Crippen LogP contribution in [-0.2, 0) is 57.0 Å². The van der Waals surface area contributed by atoms with Crippen LogP contribution in [0.1, 0.15) is 34.1 Å². The molecule has 0 saturated carbocycles. The second kappa shape index (κ2) is 13.3. The number of amides is 1. The van der Waals surface area contributed by atoms with Crippen LogP contribution in [0.4, 0.5) is 0 Å². The lowest BCUT2D eigenvalue weighted by Gasteiger charge is -2.50. The molecule has 13 nitrogen and oxygen atoms in total. The molecule has 0 bridgehead atoms. The van der Waals surface area contributed by atoms with Gasteiger partial charge in [-0.25, -0.2) is 4.79 Å². The van der Waals surface area contributed by atoms with Crippen molar-refractivity contribution < 1.29 is 57.0 Å². The summed E-state index contributed by atoms with van der Waals surface area (Å²) in [5.74, 6) is -4.23. The highest BCUT2D eigenvalue weighted by Gasteiger charge is 2.59. The molecule has 2 aliphatic rings. The second-order valence-corrected chi connectivity index (χ2v) is 7.80. The number of methoxy groups -OCH3 is 2. The summed E-state index contributed by atoms with van der Waals surface area (Å²) in [5, 5.41) is 2.80. The van der Waals surface area contributed by atoms with Gasteiger partial charge in [0, 0.05) is 28.1 Å². The topological polar surface area (TPSA) is 146 Å². The summed E-state index contributed by atoms with van der Waals surface area (Å²) < 4.78 is 49.8. The molecule has 2 aliphatic heterocycles. The van der Waals surface area contributed by atoms with E-state index in [-0.39, 0.29) is 39.1 Å². The molecule has 0 aliphatic carbocycles. The van der Waals surface area contributed by atoms with Gasteiger partial charge in [-0.1, -0.05) is 0 Å². The van der Waals surface area contributed by atoms with Crippen molar-refractivity contribution in [3.63, 3.8) is 0 Å². The number of esters is 2. The van der Waals surface area contributed by atoms with E-state index in [0.717, 1.165) is 6.92 Å². The van der Waals surface area contributed by atoms with Gasteiger partial charge in [-0.15, -0.1) is 0 Å². The summed E-state index contributed by atoms with van der Waals surface area (Å²) in [5.41, 5.74) is 0. The summed E-state index contributed by atoms with van der Waals surface area (Å²) in [6, 6.07) is -0.838. The molecule has 2 rings (SSSR count). The lowest BCUT2D eigenvalue weighted by atomic mass is 9.87. The number of ether oxygens (including phenoxy) is 9. The molecule has 2 saturated heterocycles. The van der Waals surface area contributed by atoms with Gasteiger partial charge >= 0.3 is 17.7 Å². The molecule has 13 heteroatoms. The fourth-order valence-corrected chi connectivity index (χ4v) is 3.92. The molecule has 0 aromatic heterocycles. The minimum Gasteiger partial charge on any atom is -0.461 e. The Labute approximate surface area is 198 Å². The van der Waals surface area contributed by atoms with Gasteiger partial charge in [0.2, 0.25) is 5.91 Å². The molecule has 34 heavy (non-hydrogen) atoms. The van der Waals surface area contributed by atoms with Crippen LogP contribution in [0.3, 0.4) is 0 Å². The Kier molecular flexibility index (Phi) is 11.1. The van der Waals surface area contributed by atoms with E-state index in [2.05, 4.69) is 5.32 Å². The highest BCUT2D eigenvalue weighted by atomic mass is 16.8. The quantitative estimate of drug-likeness (QED) is 0.301. The van der Waals surface area contributed by atoms with Gasteiger partial charge in [0.1, 0.15) is 31.9 Å². The Hall–Kier alpha value is -1.87. The minimum atomic E-state index is -2.16. The molecular formula is C21H35NO12. The van der Waals surface area contributed by atoms with Crippen LogP contribution in [0.15, 0.2) is 0 Å². The van der Waals surface area contributed by atoms with Gasteiger partial charge in [0.05, 0.1) is 31.8 Å². The van der Waals surface area contributed by atoms with Crippen LogP contribution in [0.25, 0.3) is 0 Å². The van der Waals surface area contributed by atoms with Gasteiger partial charge in [0.25, 0.3) is 0 Å². The lowest BCUT2D eigenvalue weighted by molar-refractivity contribution is -0.341. The van der Waals surface area contributed by atoms with E-state index in [1.807, 2.05) is 0 Å². The van der Waals surface area contributed by atoms with Gasteiger partial charge in [-0.05, 0) is 13.8 Å². The van der Waals surface area contributed by atoms with Crippen molar-refractivity contribution in [2.45, 2.75) is 76.7 Å². The second-order valence-electron chi connectivity index (χ2n) is 7.80. The average Bonchev–Trinajstić information content (AvgIpc) is 2.77. The predicted octanol–water partition coefficient (Wildman–Crippen LogP) is -0.158. The molecule has 2 heterocycles. The van der Waals surface area contributed by atoms with E-state index in [0.29, 0.717) is 0 Å². The summed E-state index contributed by atoms with van der Waals surface area (Å²) in [4.78, 5) is 37.1. The van der Waals surface area contributed by atoms with Crippen molar-refractivity contribution in [3.8, 4) is 0 Å². The van der Waals surface area contributed by atoms with Crippen molar-refractivity contribution >= 4 is 17.8 Å². The average molecular weight is 494 g/mol. The number of carbonyl (C=O) groups is 3. The van der Waals surface area contributed by atoms with Crippen LogP contribution < -0.4 is 5.32 Å². The first-order valence-electron chi connectivity index (χ1n) is 11.0. The predicted molar refractivity (Wildman–Crippen MR) is 112 cm³/mol. The molecule has 0 aromatic carbocycles. The van der Waals surface area contributed by atoms with Gasteiger partial charge in [0.15, 0.2) is 6.29 Å². The Morgan fingerprint density at radius 3 is 2.24 bits per heavy atom. The number of nitrogens with one attached hydrogen (secondary N) is 1. The lowest BCUT2D eigenvalue weighted by Crippen LogP contribution is -2.70. The molecule has 1 N–H and O–H groups in total. The molecule has 0 unspecified atom stereocenters. The standard InChI is InChI=1S/C21H35NO12/c1-7-28-20(25)21(33-13(3)24)8-15(30-10-26-5)17(22-12(2)23)19(34-21)18-16(31-11-27-6)9-29-14(4)32-18/h14-19H,7-11H2,1-6H3,(H,22,23)/t14-,15+,16-,17-,18-,19-,21+/m1/s1. The molecule has 1 amide bonds. The Morgan fingerprint density at radius 2 is 1.68 bits per heavy atom. The molecule has 2 fully saturated rings. The maximum absolute atomic E-state index is 13.0. The Bertz CT molecular complexity index is 689. The number of hydrogen-bond acceptors (Lipinski definition) is 12. The third-order valence-corrected chi connectivity index (χ3v) is 5.15. The smallest absolute Gasteiger partial charge is 0.379 e. The van der Waals surface area contributed by atoms with Crippen molar-refractivity contribution in [3.05, 3.63) is 0 Å². The van der Waals surface area contributed by atoms with Crippen LogP contribution in [-0.4, -0.2) is 101 Å². The molecular weight excluding hydrogens is 458 g/mol. The van der Waals surface area contributed by atoms with E-state index < -0.39 is 54.5 Å². The Balaban J connectivity index is 2.54. The monoisotopic (exact) mass is 493 g/mol. The molecule has 196 valence electrons. The molecule has 0 spiro atoms. The maximum Gasteiger partial charge on any atom is 0.379 e. The number of hydrogen-bond donors (Lipinski definition) is 1. The summed E-state index contributed by atoms with van der Waals surface area (Å²) in [6.07, 6.45) is -4.49.